The lowest BCUT2D eigenvalue weighted by Gasteiger charge is -2.09. The van der Waals surface area contributed by atoms with Crippen LogP contribution in [0.3, 0.4) is 0 Å². The van der Waals surface area contributed by atoms with Crippen molar-refractivity contribution >= 4 is 40.2 Å². The minimum atomic E-state index is -0.651. The number of furan rings is 1. The molecule has 0 radical (unpaired) electrons. The molecule has 4 aromatic rings. The smallest absolute Gasteiger partial charge is 0.259 e. The van der Waals surface area contributed by atoms with E-state index in [0.29, 0.717) is 33.8 Å². The molecule has 8 nitrogen and oxygen atoms in total. The average molecular weight is 397 g/mol. The summed E-state index contributed by atoms with van der Waals surface area (Å²) in [6.45, 7) is 1.72. The van der Waals surface area contributed by atoms with E-state index in [9.17, 15) is 9.59 Å². The van der Waals surface area contributed by atoms with E-state index in [1.807, 2.05) is 0 Å². The van der Waals surface area contributed by atoms with E-state index >= 15 is 0 Å². The van der Waals surface area contributed by atoms with Crippen LogP contribution in [0.25, 0.3) is 22.6 Å². The van der Waals surface area contributed by atoms with Gasteiger partial charge in [0.25, 0.3) is 11.6 Å². The van der Waals surface area contributed by atoms with E-state index in [2.05, 4.69) is 15.5 Å². The molecular formula is C19H13ClN4O4. The summed E-state index contributed by atoms with van der Waals surface area (Å²) in [7, 11) is 0. The molecule has 0 aliphatic rings. The van der Waals surface area contributed by atoms with Crippen LogP contribution in [0.1, 0.15) is 26.4 Å². The molecule has 140 valence electrons. The Labute approximate surface area is 163 Å². The molecule has 3 aromatic heterocycles. The van der Waals surface area contributed by atoms with Crippen LogP contribution in [-0.2, 0) is 0 Å². The Balaban J connectivity index is 1.75. The maximum atomic E-state index is 13.0. The number of nitrogens with two attached hydrogens (primary N) is 1. The van der Waals surface area contributed by atoms with Gasteiger partial charge in [-0.25, -0.2) is 4.98 Å². The second-order valence-electron chi connectivity index (χ2n) is 5.99. The molecule has 0 bridgehead atoms. The molecule has 28 heavy (non-hydrogen) atoms. The fraction of sp³-hybridized carbons (Fsp3) is 0.0526. The molecule has 0 saturated carbocycles. The van der Waals surface area contributed by atoms with Gasteiger partial charge in [-0.05, 0) is 43.3 Å². The zero-order valence-electron chi connectivity index (χ0n) is 14.5. The molecule has 0 aliphatic carbocycles. The van der Waals surface area contributed by atoms with Crippen molar-refractivity contribution in [1.29, 1.82) is 0 Å². The fourth-order valence-electron chi connectivity index (χ4n) is 2.82. The number of fused-ring (bicyclic) bond motifs is 1. The predicted molar refractivity (Wildman–Crippen MR) is 102 cm³/mol. The van der Waals surface area contributed by atoms with E-state index in [-0.39, 0.29) is 16.3 Å². The number of nitrogens with zero attached hydrogens (tertiary/aromatic N) is 2. The zero-order valence-corrected chi connectivity index (χ0v) is 15.3. The zero-order chi connectivity index (χ0) is 19.8. The van der Waals surface area contributed by atoms with Crippen LogP contribution in [0.15, 0.2) is 51.6 Å². The van der Waals surface area contributed by atoms with Gasteiger partial charge in [0.1, 0.15) is 5.69 Å². The monoisotopic (exact) mass is 396 g/mol. The van der Waals surface area contributed by atoms with Gasteiger partial charge in [-0.2, -0.15) is 0 Å². The summed E-state index contributed by atoms with van der Waals surface area (Å²) in [6, 6.07) is 9.47. The van der Waals surface area contributed by atoms with Crippen LogP contribution < -0.4 is 11.1 Å². The van der Waals surface area contributed by atoms with E-state index in [4.69, 9.17) is 26.3 Å². The van der Waals surface area contributed by atoms with Crippen molar-refractivity contribution < 1.29 is 18.5 Å². The lowest BCUT2D eigenvalue weighted by Crippen LogP contribution is -2.14. The van der Waals surface area contributed by atoms with Gasteiger partial charge in [-0.3, -0.25) is 9.59 Å². The van der Waals surface area contributed by atoms with E-state index in [1.54, 1.807) is 25.1 Å². The first-order chi connectivity index (χ1) is 13.4. The minimum Gasteiger partial charge on any atom is -0.463 e. The van der Waals surface area contributed by atoms with E-state index in [1.165, 1.54) is 24.5 Å². The van der Waals surface area contributed by atoms with Gasteiger partial charge >= 0.3 is 0 Å². The fourth-order valence-corrected chi connectivity index (χ4v) is 3.09. The number of benzene rings is 1. The van der Waals surface area contributed by atoms with Gasteiger partial charge in [0.15, 0.2) is 5.76 Å². The molecule has 3 heterocycles. The van der Waals surface area contributed by atoms with Crippen molar-refractivity contribution in [2.75, 3.05) is 5.32 Å². The summed E-state index contributed by atoms with van der Waals surface area (Å²) < 4.78 is 10.6. The van der Waals surface area contributed by atoms with Crippen molar-refractivity contribution in [2.24, 2.45) is 5.73 Å². The summed E-state index contributed by atoms with van der Waals surface area (Å²) in [6.07, 6.45) is 1.51. The summed E-state index contributed by atoms with van der Waals surface area (Å²) in [4.78, 5) is 28.6. The lowest BCUT2D eigenvalue weighted by atomic mass is 10.1. The second kappa shape index (κ2) is 6.82. The second-order valence-corrected chi connectivity index (χ2v) is 6.40. The average Bonchev–Trinajstić information content (AvgIpc) is 3.31. The highest BCUT2D eigenvalue weighted by molar-refractivity contribution is 6.34. The number of rotatable bonds is 4. The number of pyridine rings is 1. The molecule has 0 unspecified atom stereocenters. The van der Waals surface area contributed by atoms with Gasteiger partial charge in [0.2, 0.25) is 5.91 Å². The maximum Gasteiger partial charge on any atom is 0.259 e. The topological polar surface area (TPSA) is 124 Å². The van der Waals surface area contributed by atoms with E-state index in [0.717, 1.165) is 0 Å². The number of hydrogen-bond donors (Lipinski definition) is 2. The quantitative estimate of drug-likeness (QED) is 0.540. The maximum absolute atomic E-state index is 13.0. The van der Waals surface area contributed by atoms with Crippen LogP contribution in [-0.4, -0.2) is 22.0 Å². The van der Waals surface area contributed by atoms with Crippen LogP contribution in [0, 0.1) is 6.92 Å². The highest BCUT2D eigenvalue weighted by atomic mass is 35.5. The minimum absolute atomic E-state index is 0.141. The Kier molecular flexibility index (Phi) is 4.32. The summed E-state index contributed by atoms with van der Waals surface area (Å²) in [5.74, 6) is -0.588. The summed E-state index contributed by atoms with van der Waals surface area (Å²) in [5.41, 5.74) is 7.30. The Morgan fingerprint density at radius 1 is 1.18 bits per heavy atom. The number of primary amides is 1. The number of hydrogen-bond acceptors (Lipinski definition) is 6. The normalized spacial score (nSPS) is 10.9. The van der Waals surface area contributed by atoms with Gasteiger partial charge in [-0.1, -0.05) is 16.8 Å². The molecule has 9 heteroatoms. The van der Waals surface area contributed by atoms with E-state index < -0.39 is 11.8 Å². The molecule has 3 N–H and O–H groups in total. The van der Waals surface area contributed by atoms with Crippen molar-refractivity contribution in [3.8, 4) is 11.5 Å². The highest BCUT2D eigenvalue weighted by Crippen LogP contribution is 2.28. The summed E-state index contributed by atoms with van der Waals surface area (Å²) >= 11 is 6.05. The predicted octanol–water partition coefficient (Wildman–Crippen LogP) is 3.80. The van der Waals surface area contributed by atoms with Gasteiger partial charge in [0.05, 0.1) is 33.5 Å². The van der Waals surface area contributed by atoms with Gasteiger partial charge in [0, 0.05) is 5.69 Å². The van der Waals surface area contributed by atoms with Crippen LogP contribution in [0.5, 0.6) is 0 Å². The molecule has 0 saturated heterocycles. The van der Waals surface area contributed by atoms with Crippen LogP contribution >= 0.6 is 11.6 Å². The first-order valence-corrected chi connectivity index (χ1v) is 8.53. The van der Waals surface area contributed by atoms with Crippen molar-refractivity contribution in [2.45, 2.75) is 6.92 Å². The number of aryl methyl sites for hydroxylation is 1. The third kappa shape index (κ3) is 3.10. The molecule has 4 rings (SSSR count). The Morgan fingerprint density at radius 2 is 2.00 bits per heavy atom. The lowest BCUT2D eigenvalue weighted by molar-refractivity contribution is 0.0998. The molecule has 1 aromatic carbocycles. The Hall–Kier alpha value is -3.65. The highest BCUT2D eigenvalue weighted by Gasteiger charge is 2.20. The molecule has 0 aliphatic heterocycles. The number of anilines is 1. The SMILES string of the molecule is Cc1noc2nc(-c3ccco3)cc(C(=O)Nc3ccc(C(N)=O)c(Cl)c3)c12. The third-order valence-corrected chi connectivity index (χ3v) is 4.44. The van der Waals surface area contributed by atoms with Gasteiger partial charge < -0.3 is 20.0 Å². The van der Waals surface area contributed by atoms with Gasteiger partial charge in [-0.15, -0.1) is 0 Å². The van der Waals surface area contributed by atoms with Crippen molar-refractivity contribution in [3.63, 3.8) is 0 Å². The Morgan fingerprint density at radius 3 is 2.68 bits per heavy atom. The standard InChI is InChI=1S/C19H13ClN4O4/c1-9-16-12(8-14(15-3-2-6-27-15)23-19(16)28-24-9)18(26)22-10-4-5-11(17(21)25)13(20)7-10/h2-8H,1H3,(H2,21,25)(H,22,26). The third-order valence-electron chi connectivity index (χ3n) is 4.13. The molecule has 0 spiro atoms. The molecule has 2 amide bonds. The number of amides is 2. The first-order valence-electron chi connectivity index (χ1n) is 8.15. The number of halogens is 1. The molecule has 0 fully saturated rings. The number of aromatic nitrogens is 2. The largest absolute Gasteiger partial charge is 0.463 e. The molecular weight excluding hydrogens is 384 g/mol. The number of carbonyl (C=O) groups excluding carboxylic acids is 2. The first kappa shape index (κ1) is 17.7. The van der Waals surface area contributed by atoms with Crippen molar-refractivity contribution in [3.05, 3.63) is 64.5 Å². The van der Waals surface area contributed by atoms with Crippen molar-refractivity contribution in [1.82, 2.24) is 10.1 Å². The van der Waals surface area contributed by atoms with Crippen LogP contribution in [0.4, 0.5) is 5.69 Å². The number of nitrogens with one attached hydrogen (secondary N) is 1. The van der Waals surface area contributed by atoms with Crippen LogP contribution in [0.2, 0.25) is 5.02 Å². The summed E-state index contributed by atoms with van der Waals surface area (Å²) in [5, 5.41) is 7.27. The number of carbonyl (C=O) groups is 2. The molecule has 0 atom stereocenters. The Bertz CT molecular complexity index is 1210.